The van der Waals surface area contributed by atoms with Gasteiger partial charge in [0.25, 0.3) is 5.91 Å². The van der Waals surface area contributed by atoms with E-state index in [9.17, 15) is 9.59 Å². The lowest BCUT2D eigenvalue weighted by atomic mass is 9.93. The summed E-state index contributed by atoms with van der Waals surface area (Å²) < 4.78 is 7.50. The average molecular weight is 452 g/mol. The van der Waals surface area contributed by atoms with Crippen LogP contribution in [0.5, 0.6) is 0 Å². The molecule has 1 aliphatic rings. The molecule has 0 saturated heterocycles. The van der Waals surface area contributed by atoms with Gasteiger partial charge >= 0.3 is 5.97 Å². The lowest BCUT2D eigenvalue weighted by Gasteiger charge is -2.26. The maximum Gasteiger partial charge on any atom is 0.339 e. The molecule has 1 aromatic heterocycles. The highest BCUT2D eigenvalue weighted by molar-refractivity contribution is 5.97. The van der Waals surface area contributed by atoms with Gasteiger partial charge in [-0.05, 0) is 34.9 Å². The molecule has 0 fully saturated rings. The summed E-state index contributed by atoms with van der Waals surface area (Å²) in [5, 5.41) is 4.43. The van der Waals surface area contributed by atoms with E-state index in [1.807, 2.05) is 65.5 Å². The SMILES string of the molecule is CN(Cc1cnn(Cc2ccccc2)c1)C(=O)c1ccc2c(c1)CC(c1ccccc1)OC2=O. The molecule has 0 spiro atoms. The van der Waals surface area contributed by atoms with Crippen molar-refractivity contribution in [3.63, 3.8) is 0 Å². The number of fused-ring (bicyclic) bond motifs is 1. The number of hydrogen-bond acceptors (Lipinski definition) is 4. The quantitative estimate of drug-likeness (QED) is 0.400. The van der Waals surface area contributed by atoms with Gasteiger partial charge in [0, 0.05) is 37.3 Å². The first-order valence-corrected chi connectivity index (χ1v) is 11.3. The van der Waals surface area contributed by atoms with Crippen LogP contribution < -0.4 is 0 Å². The molecule has 0 radical (unpaired) electrons. The molecule has 2 heterocycles. The Morgan fingerprint density at radius 2 is 1.76 bits per heavy atom. The fourth-order valence-corrected chi connectivity index (χ4v) is 4.29. The van der Waals surface area contributed by atoms with E-state index >= 15 is 0 Å². The van der Waals surface area contributed by atoms with Crippen LogP contribution >= 0.6 is 0 Å². The number of hydrogen-bond donors (Lipinski definition) is 0. The Balaban J connectivity index is 1.28. The maximum absolute atomic E-state index is 13.1. The number of carbonyl (C=O) groups excluding carboxylic acids is 2. The topological polar surface area (TPSA) is 64.4 Å². The summed E-state index contributed by atoms with van der Waals surface area (Å²) in [6.45, 7) is 1.13. The van der Waals surface area contributed by atoms with E-state index in [4.69, 9.17) is 4.74 Å². The molecule has 1 aliphatic heterocycles. The van der Waals surface area contributed by atoms with Gasteiger partial charge in [-0.3, -0.25) is 9.48 Å². The largest absolute Gasteiger partial charge is 0.454 e. The molecule has 0 bridgehead atoms. The standard InChI is InChI=1S/C28H25N3O3/c1-30(17-21-16-29-31(19-21)18-20-8-4-2-5-9-20)27(32)23-12-13-25-24(14-23)15-26(34-28(25)33)22-10-6-3-7-11-22/h2-14,16,19,26H,15,17-18H2,1H3. The molecule has 5 rings (SSSR count). The first kappa shape index (κ1) is 21.6. The van der Waals surface area contributed by atoms with Gasteiger partial charge < -0.3 is 9.64 Å². The fourth-order valence-electron chi connectivity index (χ4n) is 4.29. The summed E-state index contributed by atoms with van der Waals surface area (Å²) in [6, 6.07) is 25.0. The highest BCUT2D eigenvalue weighted by atomic mass is 16.5. The molecule has 1 amide bonds. The first-order valence-electron chi connectivity index (χ1n) is 11.3. The summed E-state index contributed by atoms with van der Waals surface area (Å²) >= 11 is 0. The molecule has 34 heavy (non-hydrogen) atoms. The van der Waals surface area contributed by atoms with Crippen LogP contribution in [0, 0.1) is 0 Å². The maximum atomic E-state index is 13.1. The Morgan fingerprint density at radius 1 is 1.03 bits per heavy atom. The number of ether oxygens (including phenoxy) is 1. The van der Waals surface area contributed by atoms with E-state index in [-0.39, 0.29) is 18.0 Å². The Kier molecular flexibility index (Phi) is 5.95. The Labute approximate surface area is 198 Å². The van der Waals surface area contributed by atoms with Crippen LogP contribution in [0.1, 0.15) is 49.1 Å². The van der Waals surface area contributed by atoms with Crippen molar-refractivity contribution >= 4 is 11.9 Å². The van der Waals surface area contributed by atoms with Crippen LogP contribution in [0.2, 0.25) is 0 Å². The monoisotopic (exact) mass is 451 g/mol. The normalized spacial score (nSPS) is 14.9. The lowest BCUT2D eigenvalue weighted by molar-refractivity contribution is 0.0252. The van der Waals surface area contributed by atoms with E-state index in [0.717, 1.165) is 16.7 Å². The zero-order chi connectivity index (χ0) is 23.5. The third-order valence-electron chi connectivity index (χ3n) is 6.04. The van der Waals surface area contributed by atoms with Gasteiger partial charge in [0.2, 0.25) is 0 Å². The van der Waals surface area contributed by atoms with Gasteiger partial charge in [0.1, 0.15) is 6.10 Å². The van der Waals surface area contributed by atoms with E-state index in [1.54, 1.807) is 30.3 Å². The number of esters is 1. The van der Waals surface area contributed by atoms with Crippen molar-refractivity contribution in [1.82, 2.24) is 14.7 Å². The van der Waals surface area contributed by atoms with Gasteiger partial charge in [-0.1, -0.05) is 60.7 Å². The third-order valence-corrected chi connectivity index (χ3v) is 6.04. The molecule has 3 aromatic carbocycles. The molecule has 1 atom stereocenters. The van der Waals surface area contributed by atoms with Crippen LogP contribution in [0.25, 0.3) is 0 Å². The highest BCUT2D eigenvalue weighted by Gasteiger charge is 2.28. The minimum atomic E-state index is -0.353. The van der Waals surface area contributed by atoms with Crippen molar-refractivity contribution < 1.29 is 14.3 Å². The van der Waals surface area contributed by atoms with Crippen molar-refractivity contribution in [3.8, 4) is 0 Å². The number of amides is 1. The summed E-state index contributed by atoms with van der Waals surface area (Å²) in [5.41, 5.74) is 4.98. The average Bonchev–Trinajstić information content (AvgIpc) is 3.30. The molecule has 6 nitrogen and oxygen atoms in total. The second-order valence-corrected chi connectivity index (χ2v) is 8.57. The fraction of sp³-hybridized carbons (Fsp3) is 0.179. The zero-order valence-corrected chi connectivity index (χ0v) is 18.9. The Hall–Kier alpha value is -4.19. The molecular weight excluding hydrogens is 426 g/mol. The van der Waals surface area contributed by atoms with Crippen LogP contribution in [-0.2, 0) is 24.2 Å². The van der Waals surface area contributed by atoms with E-state index in [2.05, 4.69) is 17.2 Å². The van der Waals surface area contributed by atoms with Crippen molar-refractivity contribution in [3.05, 3.63) is 125 Å². The van der Waals surface area contributed by atoms with Crippen molar-refractivity contribution in [2.45, 2.75) is 25.6 Å². The predicted octanol–water partition coefficient (Wildman–Crippen LogP) is 4.66. The molecule has 0 saturated carbocycles. The van der Waals surface area contributed by atoms with Crippen LogP contribution in [0.4, 0.5) is 0 Å². The molecule has 170 valence electrons. The van der Waals surface area contributed by atoms with E-state index in [1.165, 1.54) is 5.56 Å². The molecule has 6 heteroatoms. The highest BCUT2D eigenvalue weighted by Crippen LogP contribution is 2.31. The van der Waals surface area contributed by atoms with Crippen molar-refractivity contribution in [2.24, 2.45) is 0 Å². The predicted molar refractivity (Wildman–Crippen MR) is 128 cm³/mol. The molecular formula is C28H25N3O3. The number of carbonyl (C=O) groups is 2. The molecule has 0 aliphatic carbocycles. The molecule has 0 N–H and O–H groups in total. The van der Waals surface area contributed by atoms with Gasteiger partial charge in [0.05, 0.1) is 18.3 Å². The number of aromatic nitrogens is 2. The summed E-state index contributed by atoms with van der Waals surface area (Å²) in [6.07, 6.45) is 3.95. The minimum absolute atomic E-state index is 0.103. The van der Waals surface area contributed by atoms with E-state index < -0.39 is 0 Å². The van der Waals surface area contributed by atoms with Gasteiger partial charge in [-0.25, -0.2) is 4.79 Å². The molecule has 4 aromatic rings. The smallest absolute Gasteiger partial charge is 0.339 e. The number of benzene rings is 3. The van der Waals surface area contributed by atoms with Crippen LogP contribution in [0.3, 0.4) is 0 Å². The second kappa shape index (κ2) is 9.35. The Morgan fingerprint density at radius 3 is 2.53 bits per heavy atom. The zero-order valence-electron chi connectivity index (χ0n) is 18.9. The molecule has 1 unspecified atom stereocenters. The number of nitrogens with zero attached hydrogens (tertiary/aromatic N) is 3. The van der Waals surface area contributed by atoms with E-state index in [0.29, 0.717) is 30.6 Å². The first-order chi connectivity index (χ1) is 16.6. The Bertz CT molecular complexity index is 1320. The summed E-state index contributed by atoms with van der Waals surface area (Å²) in [4.78, 5) is 27.3. The number of cyclic esters (lactones) is 1. The van der Waals surface area contributed by atoms with Crippen LogP contribution in [-0.4, -0.2) is 33.6 Å². The minimum Gasteiger partial charge on any atom is -0.454 e. The van der Waals surface area contributed by atoms with Gasteiger partial charge in [-0.2, -0.15) is 5.10 Å². The van der Waals surface area contributed by atoms with Gasteiger partial charge in [0.15, 0.2) is 0 Å². The van der Waals surface area contributed by atoms with Crippen LogP contribution in [0.15, 0.2) is 91.3 Å². The lowest BCUT2D eigenvalue weighted by Crippen LogP contribution is -2.27. The van der Waals surface area contributed by atoms with Gasteiger partial charge in [-0.15, -0.1) is 0 Å². The number of rotatable bonds is 6. The second-order valence-electron chi connectivity index (χ2n) is 8.57. The summed E-state index contributed by atoms with van der Waals surface area (Å²) in [5.74, 6) is -0.456. The van der Waals surface area contributed by atoms with Crippen molar-refractivity contribution in [1.29, 1.82) is 0 Å². The summed E-state index contributed by atoms with van der Waals surface area (Å²) in [7, 11) is 1.78. The van der Waals surface area contributed by atoms with Crippen molar-refractivity contribution in [2.75, 3.05) is 7.05 Å². The third kappa shape index (κ3) is 4.62.